The molecule has 0 fully saturated rings. The zero-order chi connectivity index (χ0) is 7.70. The summed E-state index contributed by atoms with van der Waals surface area (Å²) in [6, 6.07) is 0. The van der Waals surface area contributed by atoms with Crippen molar-refractivity contribution >= 4 is 0 Å². The van der Waals surface area contributed by atoms with Crippen LogP contribution in [0.5, 0.6) is 0 Å². The largest absolute Gasteiger partial charge is 0.356 e. The van der Waals surface area contributed by atoms with E-state index >= 15 is 0 Å². The van der Waals surface area contributed by atoms with Crippen LogP contribution in [-0.2, 0) is 9.47 Å². The maximum Gasteiger partial charge on any atom is 0.154 e. The Balaban J connectivity index is 0. The molecule has 1 unspecified atom stereocenters. The molecule has 9 heavy (non-hydrogen) atoms. The minimum Gasteiger partial charge on any atom is -0.356 e. The minimum atomic E-state index is -0.0509. The van der Waals surface area contributed by atoms with E-state index < -0.39 is 0 Å². The third kappa shape index (κ3) is 11.5. The van der Waals surface area contributed by atoms with Crippen molar-refractivity contribution in [2.75, 3.05) is 13.7 Å². The summed E-state index contributed by atoms with van der Waals surface area (Å²) in [5.74, 6) is 0. The Morgan fingerprint density at radius 2 is 1.78 bits per heavy atom. The predicted octanol–water partition coefficient (Wildman–Crippen LogP) is 2.04. The van der Waals surface area contributed by atoms with Gasteiger partial charge in [0.05, 0.1) is 0 Å². The molecule has 0 spiro atoms. The van der Waals surface area contributed by atoms with Gasteiger partial charge in [0.1, 0.15) is 0 Å². The van der Waals surface area contributed by atoms with Gasteiger partial charge >= 0.3 is 0 Å². The van der Waals surface area contributed by atoms with E-state index in [1.807, 2.05) is 27.7 Å². The van der Waals surface area contributed by atoms with Crippen LogP contribution in [0.25, 0.3) is 0 Å². The average molecular weight is 134 g/mol. The molecule has 0 amide bonds. The van der Waals surface area contributed by atoms with Crippen molar-refractivity contribution in [3.63, 3.8) is 0 Å². The highest BCUT2D eigenvalue weighted by Crippen LogP contribution is 1.87. The molecule has 0 aliphatic heterocycles. The van der Waals surface area contributed by atoms with Gasteiger partial charge in [0, 0.05) is 13.7 Å². The molecule has 2 heteroatoms. The quantitative estimate of drug-likeness (QED) is 0.550. The first-order valence-electron chi connectivity index (χ1n) is 3.45. The number of hydrogen-bond donors (Lipinski definition) is 0. The minimum absolute atomic E-state index is 0.0509. The van der Waals surface area contributed by atoms with Crippen LogP contribution in [0.3, 0.4) is 0 Å². The average Bonchev–Trinajstić information content (AvgIpc) is 1.93. The lowest BCUT2D eigenvalue weighted by atomic mass is 10.7. The normalized spacial score (nSPS) is 11.7. The number of ether oxygens (including phenoxy) is 2. The molecule has 0 heterocycles. The fourth-order valence-corrected chi connectivity index (χ4v) is 0.303. The molecule has 0 aliphatic carbocycles. The van der Waals surface area contributed by atoms with Crippen molar-refractivity contribution in [3.8, 4) is 0 Å². The molecule has 0 bridgehead atoms. The van der Waals surface area contributed by atoms with Gasteiger partial charge in [-0.15, -0.1) is 0 Å². The first kappa shape index (κ1) is 11.7. The molecule has 0 rings (SSSR count). The lowest BCUT2D eigenvalue weighted by Gasteiger charge is -2.06. The Morgan fingerprint density at radius 1 is 1.33 bits per heavy atom. The van der Waals surface area contributed by atoms with Crippen molar-refractivity contribution in [1.29, 1.82) is 0 Å². The molecule has 2 nitrogen and oxygen atoms in total. The van der Waals surface area contributed by atoms with E-state index in [9.17, 15) is 0 Å². The second-order valence-corrected chi connectivity index (χ2v) is 1.26. The van der Waals surface area contributed by atoms with E-state index in [4.69, 9.17) is 9.47 Å². The molecule has 0 aromatic rings. The highest BCUT2D eigenvalue weighted by molar-refractivity contribution is 4.22. The zero-order valence-electron chi connectivity index (χ0n) is 7.10. The third-order valence-electron chi connectivity index (χ3n) is 0.733. The second kappa shape index (κ2) is 10.8. The Kier molecular flexibility index (Phi) is 14.0. The van der Waals surface area contributed by atoms with Gasteiger partial charge in [0.2, 0.25) is 0 Å². The molecule has 0 saturated heterocycles. The lowest BCUT2D eigenvalue weighted by molar-refractivity contribution is -0.106. The highest BCUT2D eigenvalue weighted by Gasteiger charge is 1.91. The van der Waals surface area contributed by atoms with Crippen LogP contribution in [-0.4, -0.2) is 20.0 Å². The summed E-state index contributed by atoms with van der Waals surface area (Å²) in [4.78, 5) is 0. The van der Waals surface area contributed by atoms with Crippen LogP contribution in [0.2, 0.25) is 0 Å². The summed E-state index contributed by atoms with van der Waals surface area (Å²) in [6.07, 6.45) is -0.0509. The van der Waals surface area contributed by atoms with Crippen molar-refractivity contribution < 1.29 is 9.47 Å². The van der Waals surface area contributed by atoms with E-state index in [0.29, 0.717) is 0 Å². The molecular formula is C7H18O2. The number of rotatable bonds is 3. The highest BCUT2D eigenvalue weighted by atomic mass is 16.7. The molecule has 0 radical (unpaired) electrons. The predicted molar refractivity (Wildman–Crippen MR) is 39.4 cm³/mol. The van der Waals surface area contributed by atoms with Crippen molar-refractivity contribution in [2.45, 2.75) is 34.0 Å². The lowest BCUT2D eigenvalue weighted by Crippen LogP contribution is -2.08. The fraction of sp³-hybridized carbons (Fsp3) is 1.00. The maximum atomic E-state index is 4.97. The molecule has 0 aromatic heterocycles. The third-order valence-corrected chi connectivity index (χ3v) is 0.733. The van der Waals surface area contributed by atoms with Crippen LogP contribution >= 0.6 is 0 Å². The number of methoxy groups -OCH3 is 1. The Morgan fingerprint density at radius 3 is 1.89 bits per heavy atom. The van der Waals surface area contributed by atoms with Crippen LogP contribution in [0.15, 0.2) is 0 Å². The zero-order valence-corrected chi connectivity index (χ0v) is 7.10. The van der Waals surface area contributed by atoms with E-state index in [1.165, 1.54) is 0 Å². The van der Waals surface area contributed by atoms with Gasteiger partial charge in [-0.3, -0.25) is 0 Å². The second-order valence-electron chi connectivity index (χ2n) is 1.26. The van der Waals surface area contributed by atoms with Crippen molar-refractivity contribution in [2.24, 2.45) is 0 Å². The van der Waals surface area contributed by atoms with Gasteiger partial charge in [-0.1, -0.05) is 13.8 Å². The molecule has 0 saturated carbocycles. The van der Waals surface area contributed by atoms with Crippen LogP contribution < -0.4 is 0 Å². The van der Waals surface area contributed by atoms with Crippen LogP contribution in [0.4, 0.5) is 0 Å². The summed E-state index contributed by atoms with van der Waals surface area (Å²) >= 11 is 0. The van der Waals surface area contributed by atoms with Gasteiger partial charge in [-0.25, -0.2) is 0 Å². The standard InChI is InChI=1S/C5H12O2.C2H6/c1-4-7-5(2)6-3;1-2/h5H,4H2,1-3H3;1-2H3. The summed E-state index contributed by atoms with van der Waals surface area (Å²) in [7, 11) is 1.63. The molecule has 0 N–H and O–H groups in total. The van der Waals surface area contributed by atoms with Gasteiger partial charge in [0.25, 0.3) is 0 Å². The SMILES string of the molecule is CC.CCOC(C)OC. The molecular weight excluding hydrogens is 116 g/mol. The monoisotopic (exact) mass is 134 g/mol. The van der Waals surface area contributed by atoms with E-state index in [1.54, 1.807) is 7.11 Å². The first-order chi connectivity index (χ1) is 4.31. The van der Waals surface area contributed by atoms with E-state index in [2.05, 4.69) is 0 Å². The van der Waals surface area contributed by atoms with E-state index in [0.717, 1.165) is 6.61 Å². The topological polar surface area (TPSA) is 18.5 Å². The van der Waals surface area contributed by atoms with Gasteiger partial charge < -0.3 is 9.47 Å². The fourth-order valence-electron chi connectivity index (χ4n) is 0.303. The summed E-state index contributed by atoms with van der Waals surface area (Å²) < 4.78 is 9.74. The van der Waals surface area contributed by atoms with Gasteiger partial charge in [0.15, 0.2) is 6.29 Å². The molecule has 0 aromatic carbocycles. The van der Waals surface area contributed by atoms with Crippen molar-refractivity contribution in [1.82, 2.24) is 0 Å². The van der Waals surface area contributed by atoms with E-state index in [-0.39, 0.29) is 6.29 Å². The van der Waals surface area contributed by atoms with Gasteiger partial charge in [-0.2, -0.15) is 0 Å². The summed E-state index contributed by atoms with van der Waals surface area (Å²) in [5.41, 5.74) is 0. The van der Waals surface area contributed by atoms with Crippen LogP contribution in [0, 0.1) is 0 Å². The smallest absolute Gasteiger partial charge is 0.154 e. The maximum absolute atomic E-state index is 4.97. The molecule has 0 aliphatic rings. The van der Waals surface area contributed by atoms with Gasteiger partial charge in [-0.05, 0) is 13.8 Å². The molecule has 58 valence electrons. The Bertz CT molecular complexity index is 37.9. The molecule has 1 atom stereocenters. The van der Waals surface area contributed by atoms with Crippen molar-refractivity contribution in [3.05, 3.63) is 0 Å². The Labute approximate surface area is 58.2 Å². The number of hydrogen-bond acceptors (Lipinski definition) is 2. The Hall–Kier alpha value is -0.0800. The first-order valence-corrected chi connectivity index (χ1v) is 3.45. The summed E-state index contributed by atoms with van der Waals surface area (Å²) in [5, 5.41) is 0. The summed E-state index contributed by atoms with van der Waals surface area (Å²) in [6.45, 7) is 8.52. The van der Waals surface area contributed by atoms with Crippen LogP contribution in [0.1, 0.15) is 27.7 Å².